The SMILES string of the molecule is CNc1ccccc1C(=O)NC1CCN(CCC(c2ccccc2)c2ccccc2)CC1. The lowest BCUT2D eigenvalue weighted by Crippen LogP contribution is -2.45. The summed E-state index contributed by atoms with van der Waals surface area (Å²) in [6.07, 6.45) is 3.09. The summed E-state index contributed by atoms with van der Waals surface area (Å²) in [5, 5.41) is 6.35. The minimum absolute atomic E-state index is 0.0154. The van der Waals surface area contributed by atoms with Crippen molar-refractivity contribution < 1.29 is 4.79 Å². The van der Waals surface area contributed by atoms with Gasteiger partial charge < -0.3 is 15.5 Å². The highest BCUT2D eigenvalue weighted by Gasteiger charge is 2.23. The summed E-state index contributed by atoms with van der Waals surface area (Å²) < 4.78 is 0. The van der Waals surface area contributed by atoms with Crippen LogP contribution in [0.4, 0.5) is 5.69 Å². The van der Waals surface area contributed by atoms with E-state index in [1.54, 1.807) is 0 Å². The van der Waals surface area contributed by atoms with Crippen LogP contribution in [-0.2, 0) is 0 Å². The third kappa shape index (κ3) is 5.57. The first-order chi connectivity index (χ1) is 15.7. The summed E-state index contributed by atoms with van der Waals surface area (Å²) in [6.45, 7) is 3.11. The molecule has 3 aromatic carbocycles. The smallest absolute Gasteiger partial charge is 0.253 e. The normalized spacial score (nSPS) is 14.9. The molecule has 0 unspecified atom stereocenters. The van der Waals surface area contributed by atoms with Crippen molar-refractivity contribution in [3.63, 3.8) is 0 Å². The topological polar surface area (TPSA) is 44.4 Å². The lowest BCUT2D eigenvalue weighted by atomic mass is 9.88. The molecule has 2 N–H and O–H groups in total. The Morgan fingerprint density at radius 1 is 0.875 bits per heavy atom. The summed E-state index contributed by atoms with van der Waals surface area (Å²) in [7, 11) is 1.85. The summed E-state index contributed by atoms with van der Waals surface area (Å²) in [4.78, 5) is 15.3. The van der Waals surface area contributed by atoms with E-state index >= 15 is 0 Å². The van der Waals surface area contributed by atoms with Crippen LogP contribution in [0.5, 0.6) is 0 Å². The number of piperidine rings is 1. The van der Waals surface area contributed by atoms with Gasteiger partial charge in [-0.1, -0.05) is 72.8 Å². The Bertz CT molecular complexity index is 942. The molecule has 1 saturated heterocycles. The quantitative estimate of drug-likeness (QED) is 0.523. The number of carbonyl (C=O) groups excluding carboxylic acids is 1. The molecule has 32 heavy (non-hydrogen) atoms. The minimum atomic E-state index is 0.0154. The number of hydrogen-bond acceptors (Lipinski definition) is 3. The molecule has 4 heteroatoms. The molecule has 166 valence electrons. The highest BCUT2D eigenvalue weighted by molar-refractivity contribution is 5.99. The predicted octanol–water partition coefficient (Wildman–Crippen LogP) is 5.14. The first-order valence-corrected chi connectivity index (χ1v) is 11.6. The maximum absolute atomic E-state index is 12.7. The van der Waals surface area contributed by atoms with Crippen molar-refractivity contribution in [3.05, 3.63) is 102 Å². The number of nitrogens with one attached hydrogen (secondary N) is 2. The number of carbonyl (C=O) groups is 1. The van der Waals surface area contributed by atoms with Crippen molar-refractivity contribution >= 4 is 11.6 Å². The van der Waals surface area contributed by atoms with E-state index < -0.39 is 0 Å². The van der Waals surface area contributed by atoms with Gasteiger partial charge in [0.1, 0.15) is 0 Å². The van der Waals surface area contributed by atoms with E-state index in [1.165, 1.54) is 11.1 Å². The molecule has 1 heterocycles. The average Bonchev–Trinajstić information content (AvgIpc) is 2.86. The van der Waals surface area contributed by atoms with Gasteiger partial charge in [0.2, 0.25) is 0 Å². The number of rotatable bonds is 8. The minimum Gasteiger partial charge on any atom is -0.387 e. The van der Waals surface area contributed by atoms with Crippen LogP contribution in [-0.4, -0.2) is 43.5 Å². The molecule has 0 spiro atoms. The zero-order valence-corrected chi connectivity index (χ0v) is 18.8. The van der Waals surface area contributed by atoms with E-state index in [0.29, 0.717) is 11.5 Å². The Morgan fingerprint density at radius 3 is 2.03 bits per heavy atom. The maximum Gasteiger partial charge on any atom is 0.253 e. The summed E-state index contributed by atoms with van der Waals surface area (Å²) in [5.41, 5.74) is 4.34. The molecule has 1 aliphatic heterocycles. The highest BCUT2D eigenvalue weighted by Crippen LogP contribution is 2.28. The van der Waals surface area contributed by atoms with E-state index in [4.69, 9.17) is 0 Å². The molecule has 1 amide bonds. The Kier molecular flexibility index (Phi) is 7.57. The fourth-order valence-corrected chi connectivity index (χ4v) is 4.67. The molecule has 0 bridgehead atoms. The molecule has 0 saturated carbocycles. The first kappa shape index (κ1) is 22.1. The van der Waals surface area contributed by atoms with Gasteiger partial charge in [-0.05, 0) is 49.1 Å². The van der Waals surface area contributed by atoms with Crippen LogP contribution in [0.1, 0.15) is 46.7 Å². The van der Waals surface area contributed by atoms with Gasteiger partial charge in [0.25, 0.3) is 5.91 Å². The lowest BCUT2D eigenvalue weighted by Gasteiger charge is -2.33. The molecule has 3 aromatic rings. The largest absolute Gasteiger partial charge is 0.387 e. The van der Waals surface area contributed by atoms with Gasteiger partial charge >= 0.3 is 0 Å². The van der Waals surface area contributed by atoms with Crippen LogP contribution < -0.4 is 10.6 Å². The number of hydrogen-bond donors (Lipinski definition) is 2. The number of amides is 1. The van der Waals surface area contributed by atoms with Gasteiger partial charge in [-0.2, -0.15) is 0 Å². The van der Waals surface area contributed by atoms with E-state index in [1.807, 2.05) is 31.3 Å². The second-order valence-electron chi connectivity index (χ2n) is 8.55. The van der Waals surface area contributed by atoms with Gasteiger partial charge in [-0.3, -0.25) is 4.79 Å². The summed E-state index contributed by atoms with van der Waals surface area (Å²) in [6, 6.07) is 29.6. The number of benzene rings is 3. The summed E-state index contributed by atoms with van der Waals surface area (Å²) >= 11 is 0. The third-order valence-electron chi connectivity index (χ3n) is 6.50. The molecule has 4 rings (SSSR count). The average molecular weight is 428 g/mol. The standard InChI is InChI=1S/C28H33N3O/c1-29-27-15-9-8-14-26(27)28(32)30-24-16-19-31(20-17-24)21-18-25(22-10-4-2-5-11-22)23-12-6-3-7-13-23/h2-15,24-25,29H,16-21H2,1H3,(H,30,32). The molecule has 0 atom stereocenters. The second kappa shape index (κ2) is 11.0. The molecular formula is C28H33N3O. The number of para-hydroxylation sites is 1. The molecule has 1 fully saturated rings. The summed E-state index contributed by atoms with van der Waals surface area (Å²) in [5.74, 6) is 0.425. The van der Waals surface area contributed by atoms with Crippen molar-refractivity contribution in [1.82, 2.24) is 10.2 Å². The van der Waals surface area contributed by atoms with Crippen molar-refractivity contribution in [2.45, 2.75) is 31.2 Å². The van der Waals surface area contributed by atoms with Crippen LogP contribution in [0, 0.1) is 0 Å². The number of nitrogens with zero attached hydrogens (tertiary/aromatic N) is 1. The van der Waals surface area contributed by atoms with Crippen LogP contribution in [0.25, 0.3) is 0 Å². The van der Waals surface area contributed by atoms with E-state index in [9.17, 15) is 4.79 Å². The molecular weight excluding hydrogens is 394 g/mol. The predicted molar refractivity (Wildman–Crippen MR) is 132 cm³/mol. The monoisotopic (exact) mass is 427 g/mol. The lowest BCUT2D eigenvalue weighted by molar-refractivity contribution is 0.0911. The Labute approximate surface area is 191 Å². The van der Waals surface area contributed by atoms with Crippen molar-refractivity contribution in [1.29, 1.82) is 0 Å². The molecule has 0 radical (unpaired) electrons. The van der Waals surface area contributed by atoms with Gasteiger partial charge in [0, 0.05) is 37.8 Å². The maximum atomic E-state index is 12.7. The van der Waals surface area contributed by atoms with E-state index in [-0.39, 0.29) is 11.9 Å². The van der Waals surface area contributed by atoms with Gasteiger partial charge in [-0.25, -0.2) is 0 Å². The Hall–Kier alpha value is -3.11. The zero-order chi connectivity index (χ0) is 22.2. The highest BCUT2D eigenvalue weighted by atomic mass is 16.1. The molecule has 0 aromatic heterocycles. The molecule has 4 nitrogen and oxygen atoms in total. The van der Waals surface area contributed by atoms with Crippen LogP contribution >= 0.6 is 0 Å². The molecule has 0 aliphatic carbocycles. The van der Waals surface area contributed by atoms with E-state index in [2.05, 4.69) is 76.2 Å². The zero-order valence-electron chi connectivity index (χ0n) is 18.8. The first-order valence-electron chi connectivity index (χ1n) is 11.6. The number of anilines is 1. The van der Waals surface area contributed by atoms with E-state index in [0.717, 1.165) is 44.6 Å². The Balaban J connectivity index is 1.31. The van der Waals surface area contributed by atoms with Crippen LogP contribution in [0.15, 0.2) is 84.9 Å². The third-order valence-corrected chi connectivity index (χ3v) is 6.50. The van der Waals surface area contributed by atoms with Crippen molar-refractivity contribution in [2.75, 3.05) is 32.0 Å². The fraction of sp³-hybridized carbons (Fsp3) is 0.321. The van der Waals surface area contributed by atoms with Gasteiger partial charge in [0.05, 0.1) is 5.56 Å². The second-order valence-corrected chi connectivity index (χ2v) is 8.55. The van der Waals surface area contributed by atoms with Crippen LogP contribution in [0.2, 0.25) is 0 Å². The van der Waals surface area contributed by atoms with Gasteiger partial charge in [-0.15, -0.1) is 0 Å². The number of likely N-dealkylation sites (tertiary alicyclic amines) is 1. The Morgan fingerprint density at radius 2 is 1.44 bits per heavy atom. The fourth-order valence-electron chi connectivity index (χ4n) is 4.67. The van der Waals surface area contributed by atoms with Crippen molar-refractivity contribution in [2.24, 2.45) is 0 Å². The van der Waals surface area contributed by atoms with Crippen LogP contribution in [0.3, 0.4) is 0 Å². The van der Waals surface area contributed by atoms with Crippen molar-refractivity contribution in [3.8, 4) is 0 Å². The molecule has 1 aliphatic rings. The van der Waals surface area contributed by atoms with Gasteiger partial charge in [0.15, 0.2) is 0 Å².